The normalized spacial score (nSPS) is 20.3. The van der Waals surface area contributed by atoms with Gasteiger partial charge in [0.05, 0.1) is 6.33 Å². The molecule has 88 valence electrons. The van der Waals surface area contributed by atoms with Crippen LogP contribution in [-0.2, 0) is 0 Å². The summed E-state index contributed by atoms with van der Waals surface area (Å²) >= 11 is 0. The van der Waals surface area contributed by atoms with Crippen LogP contribution in [0.5, 0.6) is 0 Å². The smallest absolute Gasteiger partial charge is 0.276 e. The number of hydrogen-bond donors (Lipinski definition) is 2. The van der Waals surface area contributed by atoms with E-state index in [1.165, 1.54) is 25.6 Å². The highest BCUT2D eigenvalue weighted by Crippen LogP contribution is 2.26. The molecule has 3 N–H and O–H groups in total. The molecule has 0 amide bonds. The Labute approximate surface area is 94.7 Å². The summed E-state index contributed by atoms with van der Waals surface area (Å²) < 4.78 is 0. The zero-order valence-electron chi connectivity index (χ0n) is 9.57. The quantitative estimate of drug-likeness (QED) is 0.799. The zero-order valence-corrected chi connectivity index (χ0v) is 9.57. The molecule has 0 aromatic carbocycles. The van der Waals surface area contributed by atoms with Gasteiger partial charge in [-0.1, -0.05) is 13.3 Å². The third-order valence-corrected chi connectivity index (χ3v) is 3.15. The Morgan fingerprint density at radius 3 is 3.25 bits per heavy atom. The maximum absolute atomic E-state index is 11.4. The van der Waals surface area contributed by atoms with Gasteiger partial charge in [0.15, 0.2) is 5.82 Å². The van der Waals surface area contributed by atoms with E-state index < -0.39 is 0 Å². The second-order valence-electron chi connectivity index (χ2n) is 4.36. The molecule has 1 aromatic heterocycles. The van der Waals surface area contributed by atoms with Gasteiger partial charge in [-0.2, -0.15) is 0 Å². The fourth-order valence-electron chi connectivity index (χ4n) is 2.32. The second-order valence-corrected chi connectivity index (χ2v) is 4.36. The van der Waals surface area contributed by atoms with Crippen molar-refractivity contribution in [3.05, 3.63) is 16.7 Å². The van der Waals surface area contributed by atoms with Gasteiger partial charge in [0, 0.05) is 13.1 Å². The number of nitrogens with two attached hydrogens (primary N) is 1. The van der Waals surface area contributed by atoms with Crippen molar-refractivity contribution in [1.29, 1.82) is 0 Å². The molecule has 16 heavy (non-hydrogen) atoms. The van der Waals surface area contributed by atoms with Crippen molar-refractivity contribution in [2.24, 2.45) is 5.92 Å². The first-order valence-corrected chi connectivity index (χ1v) is 5.80. The summed E-state index contributed by atoms with van der Waals surface area (Å²) in [6.07, 6.45) is 5.03. The lowest BCUT2D eigenvalue weighted by molar-refractivity contribution is 0.529. The fraction of sp³-hybridized carbons (Fsp3) is 0.636. The van der Waals surface area contributed by atoms with Crippen LogP contribution in [0, 0.1) is 5.92 Å². The second kappa shape index (κ2) is 4.55. The van der Waals surface area contributed by atoms with Crippen LogP contribution in [0.3, 0.4) is 0 Å². The van der Waals surface area contributed by atoms with Gasteiger partial charge in [0.1, 0.15) is 5.69 Å². The summed E-state index contributed by atoms with van der Waals surface area (Å²) in [6.45, 7) is 4.11. The van der Waals surface area contributed by atoms with E-state index in [1.54, 1.807) is 0 Å². The van der Waals surface area contributed by atoms with E-state index in [-0.39, 0.29) is 11.2 Å². The number of nitrogens with one attached hydrogen (secondary N) is 1. The Morgan fingerprint density at radius 2 is 2.50 bits per heavy atom. The van der Waals surface area contributed by atoms with E-state index in [2.05, 4.69) is 21.8 Å². The van der Waals surface area contributed by atoms with E-state index >= 15 is 0 Å². The third-order valence-electron chi connectivity index (χ3n) is 3.15. The lowest BCUT2D eigenvalue weighted by Crippen LogP contribution is -2.25. The van der Waals surface area contributed by atoms with Gasteiger partial charge >= 0.3 is 0 Å². The van der Waals surface area contributed by atoms with Crippen LogP contribution >= 0.6 is 0 Å². The highest BCUT2D eigenvalue weighted by atomic mass is 16.1. The van der Waals surface area contributed by atoms with Crippen molar-refractivity contribution in [3.63, 3.8) is 0 Å². The van der Waals surface area contributed by atoms with E-state index in [0.29, 0.717) is 11.7 Å². The first-order valence-electron chi connectivity index (χ1n) is 5.80. The number of rotatable bonds is 3. The molecule has 0 saturated carbocycles. The van der Waals surface area contributed by atoms with Gasteiger partial charge in [0.2, 0.25) is 0 Å². The summed E-state index contributed by atoms with van der Waals surface area (Å²) in [4.78, 5) is 20.1. The average Bonchev–Trinajstić information content (AvgIpc) is 2.71. The molecule has 0 bridgehead atoms. The molecule has 2 rings (SSSR count). The molecule has 1 atom stereocenters. The molecule has 1 aromatic rings. The lowest BCUT2D eigenvalue weighted by atomic mass is 10.0. The van der Waals surface area contributed by atoms with Crippen LogP contribution in [0.1, 0.15) is 26.2 Å². The molecule has 1 aliphatic rings. The standard InChI is InChI=1S/C11H18N4O/c1-2-3-8-4-5-15(6-8)10-9(12)11(16)14-7-13-10/h7-8H,2-6,12H2,1H3,(H,13,14,16). The van der Waals surface area contributed by atoms with Gasteiger partial charge in [-0.25, -0.2) is 4.98 Å². The summed E-state index contributed by atoms with van der Waals surface area (Å²) in [5, 5.41) is 0. The molecule has 0 spiro atoms. The molecule has 5 nitrogen and oxygen atoms in total. The van der Waals surface area contributed by atoms with Crippen LogP contribution in [0.2, 0.25) is 0 Å². The molecule has 1 unspecified atom stereocenters. The van der Waals surface area contributed by atoms with Crippen molar-refractivity contribution in [2.75, 3.05) is 23.7 Å². The van der Waals surface area contributed by atoms with E-state index in [0.717, 1.165) is 13.1 Å². The minimum atomic E-state index is -0.246. The Bertz CT molecular complexity index is 415. The van der Waals surface area contributed by atoms with E-state index in [1.807, 2.05) is 0 Å². The highest BCUT2D eigenvalue weighted by molar-refractivity contribution is 5.61. The van der Waals surface area contributed by atoms with Crippen LogP contribution < -0.4 is 16.2 Å². The molecular formula is C11H18N4O. The number of nitrogens with zero attached hydrogens (tertiary/aromatic N) is 2. The largest absolute Gasteiger partial charge is 0.391 e. The van der Waals surface area contributed by atoms with Crippen LogP contribution in [0.15, 0.2) is 11.1 Å². The first-order chi connectivity index (χ1) is 7.72. The zero-order chi connectivity index (χ0) is 11.5. The Hall–Kier alpha value is -1.52. The summed E-state index contributed by atoms with van der Waals surface area (Å²) in [6, 6.07) is 0. The van der Waals surface area contributed by atoms with Gasteiger partial charge in [-0.3, -0.25) is 4.79 Å². The lowest BCUT2D eigenvalue weighted by Gasteiger charge is -2.18. The van der Waals surface area contributed by atoms with Gasteiger partial charge in [-0.05, 0) is 18.8 Å². The number of anilines is 2. The predicted octanol–water partition coefficient (Wildman–Crippen LogP) is 0.978. The number of aromatic amines is 1. The molecular weight excluding hydrogens is 204 g/mol. The van der Waals surface area contributed by atoms with Crippen LogP contribution in [-0.4, -0.2) is 23.1 Å². The SMILES string of the molecule is CCCC1CCN(c2nc[nH]c(=O)c2N)C1. The highest BCUT2D eigenvalue weighted by Gasteiger charge is 2.24. The minimum Gasteiger partial charge on any atom is -0.391 e. The number of aromatic nitrogens is 2. The van der Waals surface area contributed by atoms with Gasteiger partial charge < -0.3 is 15.6 Å². The van der Waals surface area contributed by atoms with Crippen LogP contribution in [0.4, 0.5) is 11.5 Å². The number of nitrogen functional groups attached to an aromatic ring is 1. The molecule has 1 fully saturated rings. The Kier molecular flexibility index (Phi) is 3.12. The molecule has 1 aliphatic heterocycles. The first kappa shape index (κ1) is 11.0. The summed E-state index contributed by atoms with van der Waals surface area (Å²) in [5.41, 5.74) is 5.72. The van der Waals surface area contributed by atoms with Crippen molar-refractivity contribution in [2.45, 2.75) is 26.2 Å². The van der Waals surface area contributed by atoms with Gasteiger partial charge in [-0.15, -0.1) is 0 Å². The molecule has 1 saturated heterocycles. The molecule has 2 heterocycles. The molecule has 5 heteroatoms. The predicted molar refractivity (Wildman–Crippen MR) is 64.5 cm³/mol. The topological polar surface area (TPSA) is 75.0 Å². The van der Waals surface area contributed by atoms with Crippen molar-refractivity contribution in [3.8, 4) is 0 Å². The monoisotopic (exact) mass is 222 g/mol. The third kappa shape index (κ3) is 2.03. The van der Waals surface area contributed by atoms with E-state index in [9.17, 15) is 4.79 Å². The Morgan fingerprint density at radius 1 is 1.69 bits per heavy atom. The van der Waals surface area contributed by atoms with Gasteiger partial charge in [0.25, 0.3) is 5.56 Å². The molecule has 0 radical (unpaired) electrons. The number of H-pyrrole nitrogens is 1. The fourth-order valence-corrected chi connectivity index (χ4v) is 2.32. The van der Waals surface area contributed by atoms with E-state index in [4.69, 9.17) is 5.73 Å². The minimum absolute atomic E-state index is 0.236. The summed E-state index contributed by atoms with van der Waals surface area (Å²) in [5.74, 6) is 1.35. The number of hydrogen-bond acceptors (Lipinski definition) is 4. The Balaban J connectivity index is 2.14. The van der Waals surface area contributed by atoms with Crippen molar-refractivity contribution >= 4 is 11.5 Å². The van der Waals surface area contributed by atoms with Crippen molar-refractivity contribution < 1.29 is 0 Å². The van der Waals surface area contributed by atoms with Crippen LogP contribution in [0.25, 0.3) is 0 Å². The molecule has 0 aliphatic carbocycles. The maximum atomic E-state index is 11.4. The average molecular weight is 222 g/mol. The summed E-state index contributed by atoms with van der Waals surface area (Å²) in [7, 11) is 0. The maximum Gasteiger partial charge on any atom is 0.276 e. The van der Waals surface area contributed by atoms with Crippen molar-refractivity contribution in [1.82, 2.24) is 9.97 Å².